The molecule has 82 valence electrons. The zero-order valence-corrected chi connectivity index (χ0v) is 9.03. The number of rotatable bonds is 4. The van der Waals surface area contributed by atoms with Crippen LogP contribution in [0, 0.1) is 5.92 Å². The van der Waals surface area contributed by atoms with Crippen LogP contribution in [0.15, 0.2) is 12.4 Å². The molecule has 5 nitrogen and oxygen atoms in total. The summed E-state index contributed by atoms with van der Waals surface area (Å²) in [5.74, 6) is 0.463. The van der Waals surface area contributed by atoms with E-state index in [1.807, 2.05) is 0 Å². The Bertz CT molecular complexity index is 338. The van der Waals surface area contributed by atoms with E-state index >= 15 is 0 Å². The van der Waals surface area contributed by atoms with Crippen LogP contribution in [0.1, 0.15) is 30.8 Å². The smallest absolute Gasteiger partial charge is 0.273 e. The van der Waals surface area contributed by atoms with Crippen molar-refractivity contribution < 1.29 is 4.79 Å². The lowest BCUT2D eigenvalue weighted by Crippen LogP contribution is -2.27. The molecule has 0 saturated heterocycles. The average Bonchev–Trinajstić information content (AvgIpc) is 2.17. The molecule has 0 aliphatic carbocycles. The van der Waals surface area contributed by atoms with Crippen LogP contribution in [-0.4, -0.2) is 22.4 Å². The van der Waals surface area contributed by atoms with Gasteiger partial charge in [0.2, 0.25) is 0 Å². The van der Waals surface area contributed by atoms with Gasteiger partial charge < -0.3 is 11.1 Å². The van der Waals surface area contributed by atoms with Crippen LogP contribution in [0.5, 0.6) is 0 Å². The number of anilines is 1. The third kappa shape index (κ3) is 3.53. The summed E-state index contributed by atoms with van der Waals surface area (Å²) < 4.78 is 0. The first kappa shape index (κ1) is 11.4. The van der Waals surface area contributed by atoms with E-state index in [0.717, 1.165) is 6.42 Å². The Hall–Kier alpha value is -1.65. The summed E-state index contributed by atoms with van der Waals surface area (Å²) in [5, 5.41) is 2.75. The van der Waals surface area contributed by atoms with Crippen molar-refractivity contribution in [3.8, 4) is 0 Å². The molecular weight excluding hydrogens is 192 g/mol. The van der Waals surface area contributed by atoms with Gasteiger partial charge in [0, 0.05) is 18.9 Å². The molecule has 0 saturated carbocycles. The normalized spacial score (nSPS) is 10.3. The van der Waals surface area contributed by atoms with E-state index < -0.39 is 0 Å². The fourth-order valence-electron chi connectivity index (χ4n) is 1.08. The zero-order chi connectivity index (χ0) is 11.3. The van der Waals surface area contributed by atoms with E-state index in [9.17, 15) is 4.79 Å². The fraction of sp³-hybridized carbons (Fsp3) is 0.500. The summed E-state index contributed by atoms with van der Waals surface area (Å²) in [6.07, 6.45) is 3.85. The molecule has 5 heteroatoms. The predicted octanol–water partition coefficient (Wildman–Crippen LogP) is 0.835. The highest BCUT2D eigenvalue weighted by Crippen LogP contribution is 2.03. The van der Waals surface area contributed by atoms with E-state index in [1.54, 1.807) is 0 Å². The first-order valence-corrected chi connectivity index (χ1v) is 4.96. The van der Waals surface area contributed by atoms with Crippen molar-refractivity contribution in [2.24, 2.45) is 5.92 Å². The summed E-state index contributed by atoms with van der Waals surface area (Å²) in [7, 11) is 0. The number of hydrogen-bond donors (Lipinski definition) is 2. The largest absolute Gasteiger partial charge is 0.382 e. The maximum atomic E-state index is 11.6. The van der Waals surface area contributed by atoms with Gasteiger partial charge in [-0.2, -0.15) is 0 Å². The van der Waals surface area contributed by atoms with E-state index in [-0.39, 0.29) is 17.4 Å². The van der Waals surface area contributed by atoms with Gasteiger partial charge in [-0.25, -0.2) is 9.97 Å². The lowest BCUT2D eigenvalue weighted by molar-refractivity contribution is 0.0947. The molecule has 15 heavy (non-hydrogen) atoms. The van der Waals surface area contributed by atoms with Gasteiger partial charge >= 0.3 is 0 Å². The first-order valence-electron chi connectivity index (χ1n) is 4.96. The van der Waals surface area contributed by atoms with Crippen molar-refractivity contribution in [1.29, 1.82) is 0 Å². The minimum absolute atomic E-state index is 0.166. The molecule has 0 bridgehead atoms. The predicted molar refractivity (Wildman–Crippen MR) is 58.2 cm³/mol. The Morgan fingerprint density at radius 2 is 2.13 bits per heavy atom. The molecule has 0 radical (unpaired) electrons. The molecule has 0 aliphatic rings. The second kappa shape index (κ2) is 5.29. The Balaban J connectivity index is 2.51. The van der Waals surface area contributed by atoms with E-state index in [4.69, 9.17) is 5.73 Å². The summed E-state index contributed by atoms with van der Waals surface area (Å²) in [6, 6.07) is 0. The van der Waals surface area contributed by atoms with Crippen LogP contribution >= 0.6 is 0 Å². The Morgan fingerprint density at radius 3 is 2.73 bits per heavy atom. The molecule has 0 aliphatic heterocycles. The van der Waals surface area contributed by atoms with Gasteiger partial charge in [0.1, 0.15) is 0 Å². The molecule has 3 N–H and O–H groups in total. The number of carbonyl (C=O) groups is 1. The second-order valence-electron chi connectivity index (χ2n) is 3.73. The average molecular weight is 208 g/mol. The second-order valence-corrected chi connectivity index (χ2v) is 3.73. The molecule has 0 atom stereocenters. The zero-order valence-electron chi connectivity index (χ0n) is 9.03. The number of nitrogens with two attached hydrogens (primary N) is 1. The van der Waals surface area contributed by atoms with Crippen molar-refractivity contribution in [1.82, 2.24) is 15.3 Å². The van der Waals surface area contributed by atoms with E-state index in [0.29, 0.717) is 12.5 Å². The van der Waals surface area contributed by atoms with Crippen molar-refractivity contribution >= 4 is 11.7 Å². The van der Waals surface area contributed by atoms with Crippen LogP contribution in [0.3, 0.4) is 0 Å². The topological polar surface area (TPSA) is 80.9 Å². The Morgan fingerprint density at radius 1 is 1.47 bits per heavy atom. The van der Waals surface area contributed by atoms with Crippen LogP contribution in [-0.2, 0) is 0 Å². The van der Waals surface area contributed by atoms with E-state index in [1.165, 1.54) is 12.4 Å². The molecule has 0 fully saturated rings. The molecule has 0 unspecified atom stereocenters. The summed E-state index contributed by atoms with van der Waals surface area (Å²) in [5.41, 5.74) is 5.71. The lowest BCUT2D eigenvalue weighted by atomic mass is 10.1. The van der Waals surface area contributed by atoms with Gasteiger partial charge in [0.05, 0.1) is 0 Å². The van der Waals surface area contributed by atoms with Gasteiger partial charge in [-0.15, -0.1) is 0 Å². The first-order chi connectivity index (χ1) is 7.11. The number of nitrogens with one attached hydrogen (secondary N) is 1. The van der Waals surface area contributed by atoms with Crippen molar-refractivity contribution in [2.45, 2.75) is 20.3 Å². The van der Waals surface area contributed by atoms with Crippen LogP contribution in [0.25, 0.3) is 0 Å². The Labute approximate surface area is 89.1 Å². The number of amides is 1. The molecule has 1 heterocycles. The standard InChI is InChI=1S/C10H16N4O/c1-7(2)3-4-14-10(15)8-9(11)13-6-5-12-8/h5-7H,3-4H2,1-2H3,(H2,11,13)(H,14,15). The summed E-state index contributed by atoms with van der Waals surface area (Å²) in [4.78, 5) is 19.2. The quantitative estimate of drug-likeness (QED) is 0.768. The molecule has 0 spiro atoms. The third-order valence-corrected chi connectivity index (χ3v) is 1.95. The van der Waals surface area contributed by atoms with Gasteiger partial charge in [0.15, 0.2) is 11.5 Å². The number of nitrogen functional groups attached to an aromatic ring is 1. The number of aromatic nitrogens is 2. The van der Waals surface area contributed by atoms with Crippen molar-refractivity contribution in [3.05, 3.63) is 18.1 Å². The lowest BCUT2D eigenvalue weighted by Gasteiger charge is -2.07. The highest BCUT2D eigenvalue weighted by molar-refractivity contribution is 5.96. The SMILES string of the molecule is CC(C)CCNC(=O)c1nccnc1N. The highest BCUT2D eigenvalue weighted by atomic mass is 16.1. The number of nitrogens with zero attached hydrogens (tertiary/aromatic N) is 2. The van der Waals surface area contributed by atoms with Crippen LogP contribution in [0.4, 0.5) is 5.82 Å². The minimum Gasteiger partial charge on any atom is -0.382 e. The van der Waals surface area contributed by atoms with Crippen LogP contribution < -0.4 is 11.1 Å². The third-order valence-electron chi connectivity index (χ3n) is 1.95. The van der Waals surface area contributed by atoms with Gasteiger partial charge in [-0.05, 0) is 12.3 Å². The molecule has 1 amide bonds. The molecule has 1 aromatic heterocycles. The maximum Gasteiger partial charge on any atom is 0.273 e. The van der Waals surface area contributed by atoms with Gasteiger partial charge in [-0.3, -0.25) is 4.79 Å². The molecule has 0 aromatic carbocycles. The highest BCUT2D eigenvalue weighted by Gasteiger charge is 2.10. The molecule has 1 rings (SSSR count). The Kier molecular flexibility index (Phi) is 4.03. The van der Waals surface area contributed by atoms with E-state index in [2.05, 4.69) is 29.1 Å². The van der Waals surface area contributed by atoms with Gasteiger partial charge in [-0.1, -0.05) is 13.8 Å². The molecular formula is C10H16N4O. The summed E-state index contributed by atoms with van der Waals surface area (Å²) >= 11 is 0. The monoisotopic (exact) mass is 208 g/mol. The fourth-order valence-corrected chi connectivity index (χ4v) is 1.08. The van der Waals surface area contributed by atoms with Crippen molar-refractivity contribution in [2.75, 3.05) is 12.3 Å². The summed E-state index contributed by atoms with van der Waals surface area (Å²) in [6.45, 7) is 4.83. The molecule has 1 aromatic rings. The minimum atomic E-state index is -0.263. The van der Waals surface area contributed by atoms with Crippen LogP contribution in [0.2, 0.25) is 0 Å². The van der Waals surface area contributed by atoms with Gasteiger partial charge in [0.25, 0.3) is 5.91 Å². The number of carbonyl (C=O) groups excluding carboxylic acids is 1. The maximum absolute atomic E-state index is 11.6. The van der Waals surface area contributed by atoms with Crippen molar-refractivity contribution in [3.63, 3.8) is 0 Å². The number of hydrogen-bond acceptors (Lipinski definition) is 4.